The molecule has 1 aromatic heterocycles. The Hall–Kier alpha value is -1.27. The van der Waals surface area contributed by atoms with E-state index in [0.29, 0.717) is 4.34 Å². The zero-order chi connectivity index (χ0) is 12.5. The van der Waals surface area contributed by atoms with Crippen LogP contribution in [0.4, 0.5) is 13.2 Å². The standard InChI is InChI=1S/C10H5ClF3NOS/c11-8-5-15-9(17-8)16-7-3-1-6(2-4-7)10(12,13)14/h1-5H. The van der Waals surface area contributed by atoms with Crippen LogP contribution in [0.15, 0.2) is 30.5 Å². The summed E-state index contributed by atoms with van der Waals surface area (Å²) in [6.07, 6.45) is -2.94. The molecule has 0 amide bonds. The largest absolute Gasteiger partial charge is 0.431 e. The minimum Gasteiger partial charge on any atom is -0.431 e. The lowest BCUT2D eigenvalue weighted by atomic mass is 10.2. The average Bonchev–Trinajstić information content (AvgIpc) is 2.63. The van der Waals surface area contributed by atoms with Gasteiger partial charge in [-0.1, -0.05) is 22.9 Å². The molecular weight excluding hydrogens is 275 g/mol. The number of thiazole rings is 1. The number of nitrogens with zero attached hydrogens (tertiary/aromatic N) is 1. The topological polar surface area (TPSA) is 22.1 Å². The van der Waals surface area contributed by atoms with Gasteiger partial charge in [0.2, 0.25) is 0 Å². The molecule has 0 spiro atoms. The van der Waals surface area contributed by atoms with Crippen LogP contribution in [0.1, 0.15) is 5.56 Å². The first kappa shape index (κ1) is 12.2. The van der Waals surface area contributed by atoms with Crippen LogP contribution in [-0.2, 0) is 6.18 Å². The summed E-state index contributed by atoms with van der Waals surface area (Å²) < 4.78 is 42.5. The molecule has 0 N–H and O–H groups in total. The summed E-state index contributed by atoms with van der Waals surface area (Å²) in [5.74, 6) is 0.281. The van der Waals surface area contributed by atoms with Gasteiger partial charge in [0.05, 0.1) is 11.8 Å². The Labute approximate surface area is 104 Å². The van der Waals surface area contributed by atoms with Crippen molar-refractivity contribution in [3.8, 4) is 10.9 Å². The first-order chi connectivity index (χ1) is 7.95. The van der Waals surface area contributed by atoms with E-state index >= 15 is 0 Å². The fourth-order valence-electron chi connectivity index (χ4n) is 1.10. The van der Waals surface area contributed by atoms with Gasteiger partial charge in [-0.3, -0.25) is 0 Å². The van der Waals surface area contributed by atoms with Gasteiger partial charge in [-0.25, -0.2) is 4.98 Å². The van der Waals surface area contributed by atoms with Crippen LogP contribution in [0.2, 0.25) is 4.34 Å². The molecule has 0 saturated carbocycles. The van der Waals surface area contributed by atoms with Crippen molar-refractivity contribution >= 4 is 22.9 Å². The maximum absolute atomic E-state index is 12.3. The molecule has 2 aromatic rings. The summed E-state index contributed by atoms with van der Waals surface area (Å²) in [6, 6.07) is 4.37. The molecule has 0 atom stereocenters. The van der Waals surface area contributed by atoms with E-state index in [4.69, 9.17) is 16.3 Å². The van der Waals surface area contributed by atoms with Gasteiger partial charge < -0.3 is 4.74 Å². The maximum Gasteiger partial charge on any atom is 0.416 e. The van der Waals surface area contributed by atoms with Crippen LogP contribution >= 0.6 is 22.9 Å². The van der Waals surface area contributed by atoms with Crippen LogP contribution in [0, 0.1) is 0 Å². The van der Waals surface area contributed by atoms with E-state index in [-0.39, 0.29) is 10.9 Å². The second kappa shape index (κ2) is 4.54. The predicted octanol–water partition coefficient (Wildman–Crippen LogP) is 4.61. The molecule has 7 heteroatoms. The number of hydrogen-bond donors (Lipinski definition) is 0. The number of hydrogen-bond acceptors (Lipinski definition) is 3. The Morgan fingerprint density at radius 1 is 1.18 bits per heavy atom. The monoisotopic (exact) mass is 279 g/mol. The highest BCUT2D eigenvalue weighted by Gasteiger charge is 2.30. The lowest BCUT2D eigenvalue weighted by Gasteiger charge is -2.07. The normalized spacial score (nSPS) is 11.5. The highest BCUT2D eigenvalue weighted by atomic mass is 35.5. The van der Waals surface area contributed by atoms with E-state index in [2.05, 4.69) is 4.98 Å². The van der Waals surface area contributed by atoms with Crippen LogP contribution < -0.4 is 4.74 Å². The average molecular weight is 280 g/mol. The van der Waals surface area contributed by atoms with Crippen molar-refractivity contribution in [1.82, 2.24) is 4.98 Å². The van der Waals surface area contributed by atoms with Gasteiger partial charge in [-0.05, 0) is 24.3 Å². The van der Waals surface area contributed by atoms with E-state index < -0.39 is 11.7 Å². The third-order valence-corrected chi connectivity index (χ3v) is 2.84. The smallest absolute Gasteiger partial charge is 0.416 e. The summed E-state index contributed by atoms with van der Waals surface area (Å²) in [5, 5.41) is 0.287. The van der Waals surface area contributed by atoms with Gasteiger partial charge in [0.25, 0.3) is 5.19 Å². The molecule has 0 fully saturated rings. The molecule has 1 heterocycles. The molecule has 1 aromatic carbocycles. The third-order valence-electron chi connectivity index (χ3n) is 1.84. The Balaban J connectivity index is 2.13. The highest BCUT2D eigenvalue weighted by Crippen LogP contribution is 2.32. The van der Waals surface area contributed by atoms with E-state index in [1.165, 1.54) is 18.3 Å². The number of rotatable bonds is 2. The highest BCUT2D eigenvalue weighted by molar-refractivity contribution is 7.17. The molecule has 0 radical (unpaired) electrons. The number of alkyl halides is 3. The first-order valence-electron chi connectivity index (χ1n) is 4.41. The zero-order valence-corrected chi connectivity index (χ0v) is 9.73. The van der Waals surface area contributed by atoms with Crippen molar-refractivity contribution in [3.05, 3.63) is 40.4 Å². The molecule has 0 bridgehead atoms. The predicted molar refractivity (Wildman–Crippen MR) is 58.6 cm³/mol. The fourth-order valence-corrected chi connectivity index (χ4v) is 1.86. The molecule has 2 nitrogen and oxygen atoms in total. The van der Waals surface area contributed by atoms with Crippen LogP contribution in [-0.4, -0.2) is 4.98 Å². The van der Waals surface area contributed by atoms with Gasteiger partial charge in [-0.15, -0.1) is 0 Å². The molecule has 90 valence electrons. The van der Waals surface area contributed by atoms with Crippen LogP contribution in [0.25, 0.3) is 0 Å². The van der Waals surface area contributed by atoms with Gasteiger partial charge in [-0.2, -0.15) is 13.2 Å². The van der Waals surface area contributed by atoms with Crippen molar-refractivity contribution in [3.63, 3.8) is 0 Å². The quantitative estimate of drug-likeness (QED) is 0.801. The van der Waals surface area contributed by atoms with Gasteiger partial charge >= 0.3 is 6.18 Å². The summed E-state index contributed by atoms with van der Waals surface area (Å²) in [5.41, 5.74) is -0.720. The number of aromatic nitrogens is 1. The third kappa shape index (κ3) is 3.10. The second-order valence-electron chi connectivity index (χ2n) is 3.05. The van der Waals surface area contributed by atoms with Gasteiger partial charge in [0, 0.05) is 0 Å². The van der Waals surface area contributed by atoms with Gasteiger partial charge in [0.1, 0.15) is 10.1 Å². The molecule has 0 aliphatic heterocycles. The van der Waals surface area contributed by atoms with Gasteiger partial charge in [0.15, 0.2) is 0 Å². The van der Waals surface area contributed by atoms with Crippen molar-refractivity contribution in [2.24, 2.45) is 0 Å². The van der Waals surface area contributed by atoms with E-state index in [1.807, 2.05) is 0 Å². The molecule has 17 heavy (non-hydrogen) atoms. The van der Waals surface area contributed by atoms with Crippen molar-refractivity contribution < 1.29 is 17.9 Å². The second-order valence-corrected chi connectivity index (χ2v) is 4.68. The molecule has 0 unspecified atom stereocenters. The van der Waals surface area contributed by atoms with Crippen molar-refractivity contribution in [1.29, 1.82) is 0 Å². The zero-order valence-electron chi connectivity index (χ0n) is 8.16. The summed E-state index contributed by atoms with van der Waals surface area (Å²) in [7, 11) is 0. The van der Waals surface area contributed by atoms with Crippen LogP contribution in [0.5, 0.6) is 10.9 Å². The summed E-state index contributed by atoms with van der Waals surface area (Å²) >= 11 is 6.74. The Morgan fingerprint density at radius 2 is 1.82 bits per heavy atom. The molecule has 2 rings (SSSR count). The number of benzene rings is 1. The molecular formula is C10H5ClF3NOS. The lowest BCUT2D eigenvalue weighted by Crippen LogP contribution is -2.03. The van der Waals surface area contributed by atoms with Crippen molar-refractivity contribution in [2.75, 3.05) is 0 Å². The Bertz CT molecular complexity index is 509. The summed E-state index contributed by atoms with van der Waals surface area (Å²) in [4.78, 5) is 3.82. The number of ether oxygens (including phenoxy) is 1. The Kier molecular flexibility index (Phi) is 3.26. The fraction of sp³-hybridized carbons (Fsp3) is 0.100. The molecule has 0 aliphatic carbocycles. The minimum absolute atomic E-state index is 0.281. The maximum atomic E-state index is 12.3. The van der Waals surface area contributed by atoms with E-state index in [1.54, 1.807) is 0 Å². The van der Waals surface area contributed by atoms with Crippen molar-refractivity contribution in [2.45, 2.75) is 6.18 Å². The Morgan fingerprint density at radius 3 is 2.29 bits per heavy atom. The minimum atomic E-state index is -4.34. The molecule has 0 saturated heterocycles. The van der Waals surface area contributed by atoms with E-state index in [0.717, 1.165) is 23.5 Å². The first-order valence-corrected chi connectivity index (χ1v) is 5.61. The number of halogens is 4. The molecule has 0 aliphatic rings. The van der Waals surface area contributed by atoms with Crippen LogP contribution in [0.3, 0.4) is 0 Å². The van der Waals surface area contributed by atoms with E-state index in [9.17, 15) is 13.2 Å². The SMILES string of the molecule is FC(F)(F)c1ccc(Oc2ncc(Cl)s2)cc1. The summed E-state index contributed by atoms with van der Waals surface area (Å²) in [6.45, 7) is 0. The lowest BCUT2D eigenvalue weighted by molar-refractivity contribution is -0.137.